The van der Waals surface area contributed by atoms with Crippen molar-refractivity contribution in [2.75, 3.05) is 5.32 Å². The Hall–Kier alpha value is -4.02. The number of rotatable bonds is 5. The molecular formula is C17H15N5O6. The predicted octanol–water partition coefficient (Wildman–Crippen LogP) is -0.420. The molecule has 0 fully saturated rings. The Balaban J connectivity index is 1.79. The van der Waals surface area contributed by atoms with Gasteiger partial charge in [-0.1, -0.05) is 6.07 Å². The van der Waals surface area contributed by atoms with Crippen molar-refractivity contribution in [2.24, 2.45) is 7.05 Å². The van der Waals surface area contributed by atoms with E-state index in [1.54, 1.807) is 0 Å². The van der Waals surface area contributed by atoms with Crippen LogP contribution in [0.15, 0.2) is 38.6 Å². The van der Waals surface area contributed by atoms with E-state index in [1.165, 1.54) is 31.3 Å². The highest BCUT2D eigenvalue weighted by molar-refractivity contribution is 5.93. The third-order valence-electron chi connectivity index (χ3n) is 4.02. The molecule has 4 N–H and O–H groups in total. The van der Waals surface area contributed by atoms with E-state index < -0.39 is 28.7 Å². The number of hydrogen-bond acceptors (Lipinski definition) is 6. The molecule has 0 saturated carbocycles. The van der Waals surface area contributed by atoms with Crippen molar-refractivity contribution in [3.63, 3.8) is 0 Å². The molecule has 0 aliphatic heterocycles. The molecule has 0 radical (unpaired) electrons. The number of aromatic carboxylic acids is 1. The SMILES string of the molecule is Cn1c(=O)[nH]c(=O)c2nc(CCC(=O)Nc3cccc(C(=O)O)c3)c(=O)[nH]c21. The Morgan fingerprint density at radius 2 is 1.93 bits per heavy atom. The number of carbonyl (C=O) groups is 2. The van der Waals surface area contributed by atoms with Crippen molar-refractivity contribution in [1.82, 2.24) is 19.5 Å². The third kappa shape index (κ3) is 3.72. The summed E-state index contributed by atoms with van der Waals surface area (Å²) >= 11 is 0. The fraction of sp³-hybridized carbons (Fsp3) is 0.176. The minimum Gasteiger partial charge on any atom is -0.478 e. The van der Waals surface area contributed by atoms with Gasteiger partial charge in [0, 0.05) is 25.6 Å². The van der Waals surface area contributed by atoms with E-state index in [4.69, 9.17) is 5.11 Å². The van der Waals surface area contributed by atoms with Gasteiger partial charge in [0.15, 0.2) is 5.52 Å². The standard InChI is InChI=1S/C17H15N5O6/c1-22-13-12(15(25)21-17(22)28)19-10(14(24)20-13)5-6-11(23)18-9-4-2-3-8(7-9)16(26)27/h2-4,7H,5-6H2,1H3,(H,18,23)(H,20,24)(H,26,27)(H,21,25,28). The van der Waals surface area contributed by atoms with Gasteiger partial charge in [0.2, 0.25) is 5.91 Å². The maximum Gasteiger partial charge on any atom is 0.335 e. The molecule has 0 aliphatic rings. The molecule has 0 aliphatic carbocycles. The van der Waals surface area contributed by atoms with Crippen molar-refractivity contribution >= 4 is 28.7 Å². The van der Waals surface area contributed by atoms with Crippen LogP contribution in [0.2, 0.25) is 0 Å². The summed E-state index contributed by atoms with van der Waals surface area (Å²) in [6, 6.07) is 5.72. The van der Waals surface area contributed by atoms with Crippen molar-refractivity contribution in [1.29, 1.82) is 0 Å². The molecule has 144 valence electrons. The van der Waals surface area contributed by atoms with Crippen molar-refractivity contribution < 1.29 is 14.7 Å². The van der Waals surface area contributed by atoms with Gasteiger partial charge in [-0.25, -0.2) is 14.6 Å². The highest BCUT2D eigenvalue weighted by Gasteiger charge is 2.13. The van der Waals surface area contributed by atoms with Gasteiger partial charge in [-0.3, -0.25) is 23.9 Å². The first-order chi connectivity index (χ1) is 13.3. The second kappa shape index (κ2) is 7.31. The summed E-state index contributed by atoms with van der Waals surface area (Å²) in [6.07, 6.45) is -0.180. The number of fused-ring (bicyclic) bond motifs is 1. The lowest BCUT2D eigenvalue weighted by Crippen LogP contribution is -2.32. The van der Waals surface area contributed by atoms with Crippen molar-refractivity contribution in [3.05, 3.63) is 66.7 Å². The average Bonchev–Trinajstić information content (AvgIpc) is 2.65. The molecule has 3 rings (SSSR count). The molecule has 0 atom stereocenters. The highest BCUT2D eigenvalue weighted by atomic mass is 16.4. The summed E-state index contributed by atoms with van der Waals surface area (Å²) in [5, 5.41) is 11.5. The van der Waals surface area contributed by atoms with Crippen molar-refractivity contribution in [3.8, 4) is 0 Å². The molecule has 0 saturated heterocycles. The number of carboxylic acids is 1. The summed E-state index contributed by atoms with van der Waals surface area (Å²) in [7, 11) is 1.37. The van der Waals surface area contributed by atoms with E-state index in [0.29, 0.717) is 5.69 Å². The van der Waals surface area contributed by atoms with Crippen LogP contribution in [0.3, 0.4) is 0 Å². The van der Waals surface area contributed by atoms with Gasteiger partial charge >= 0.3 is 11.7 Å². The molecule has 3 aromatic rings. The van der Waals surface area contributed by atoms with Crippen LogP contribution >= 0.6 is 0 Å². The number of H-pyrrole nitrogens is 2. The smallest absolute Gasteiger partial charge is 0.335 e. The van der Waals surface area contributed by atoms with E-state index in [0.717, 1.165) is 4.57 Å². The number of amides is 1. The molecular weight excluding hydrogens is 370 g/mol. The molecule has 0 unspecified atom stereocenters. The van der Waals surface area contributed by atoms with Gasteiger partial charge in [0.25, 0.3) is 11.1 Å². The summed E-state index contributed by atoms with van der Waals surface area (Å²) in [5.74, 6) is -1.58. The van der Waals surface area contributed by atoms with Crippen LogP contribution in [0.5, 0.6) is 0 Å². The number of benzene rings is 1. The second-order valence-corrected chi connectivity index (χ2v) is 5.96. The Labute approximate surface area is 155 Å². The first-order valence-electron chi connectivity index (χ1n) is 8.11. The van der Waals surface area contributed by atoms with Crippen LogP contribution in [0, 0.1) is 0 Å². The Kier molecular flexibility index (Phi) is 4.90. The van der Waals surface area contributed by atoms with Crippen LogP contribution in [-0.4, -0.2) is 36.5 Å². The molecule has 0 bridgehead atoms. The number of hydrogen-bond donors (Lipinski definition) is 4. The van der Waals surface area contributed by atoms with Gasteiger partial charge in [-0.2, -0.15) is 0 Å². The molecule has 11 nitrogen and oxygen atoms in total. The Morgan fingerprint density at radius 3 is 2.64 bits per heavy atom. The summed E-state index contributed by atoms with van der Waals surface area (Å²) in [6.45, 7) is 0. The number of carboxylic acid groups (broad SMARTS) is 1. The van der Waals surface area contributed by atoms with Gasteiger partial charge in [-0.15, -0.1) is 0 Å². The maximum absolute atomic E-state index is 12.2. The fourth-order valence-electron chi connectivity index (χ4n) is 2.58. The van der Waals surface area contributed by atoms with E-state index in [9.17, 15) is 24.0 Å². The van der Waals surface area contributed by atoms with Crippen molar-refractivity contribution in [2.45, 2.75) is 12.8 Å². The normalized spacial score (nSPS) is 10.8. The van der Waals surface area contributed by atoms with Crippen LogP contribution in [-0.2, 0) is 18.3 Å². The average molecular weight is 385 g/mol. The largest absolute Gasteiger partial charge is 0.478 e. The summed E-state index contributed by atoms with van der Waals surface area (Å²) in [5.41, 5.74) is -1.90. The lowest BCUT2D eigenvalue weighted by Gasteiger charge is -2.07. The molecule has 0 spiro atoms. The number of nitrogens with one attached hydrogen (secondary N) is 3. The maximum atomic E-state index is 12.2. The van der Waals surface area contributed by atoms with Gasteiger partial charge in [0.05, 0.1) is 5.56 Å². The van der Waals surface area contributed by atoms with Crippen LogP contribution in [0.1, 0.15) is 22.5 Å². The molecule has 2 heterocycles. The quantitative estimate of drug-likeness (QED) is 0.462. The second-order valence-electron chi connectivity index (χ2n) is 5.96. The third-order valence-corrected chi connectivity index (χ3v) is 4.02. The number of carbonyl (C=O) groups excluding carboxylic acids is 1. The van der Waals surface area contributed by atoms with Gasteiger partial charge in [-0.05, 0) is 18.2 Å². The number of anilines is 1. The molecule has 2 aromatic heterocycles. The predicted molar refractivity (Wildman–Crippen MR) is 98.6 cm³/mol. The Bertz CT molecular complexity index is 1270. The monoisotopic (exact) mass is 385 g/mol. The number of nitrogens with zero attached hydrogens (tertiary/aromatic N) is 2. The van der Waals surface area contributed by atoms with E-state index in [2.05, 4.69) is 20.3 Å². The molecule has 1 amide bonds. The lowest BCUT2D eigenvalue weighted by atomic mass is 10.2. The van der Waals surface area contributed by atoms with Gasteiger partial charge in [0.1, 0.15) is 11.3 Å². The highest BCUT2D eigenvalue weighted by Crippen LogP contribution is 2.11. The van der Waals surface area contributed by atoms with E-state index >= 15 is 0 Å². The molecule has 11 heteroatoms. The molecule has 28 heavy (non-hydrogen) atoms. The first-order valence-corrected chi connectivity index (χ1v) is 8.11. The zero-order valence-electron chi connectivity index (χ0n) is 14.6. The van der Waals surface area contributed by atoms with E-state index in [-0.39, 0.29) is 35.3 Å². The lowest BCUT2D eigenvalue weighted by molar-refractivity contribution is -0.116. The summed E-state index contributed by atoms with van der Waals surface area (Å²) < 4.78 is 1.05. The van der Waals surface area contributed by atoms with E-state index in [1.807, 2.05) is 0 Å². The zero-order chi connectivity index (χ0) is 20.4. The fourth-order valence-corrected chi connectivity index (χ4v) is 2.58. The zero-order valence-corrected chi connectivity index (χ0v) is 14.6. The minimum absolute atomic E-state index is 0.0163. The van der Waals surface area contributed by atoms with Gasteiger partial charge < -0.3 is 15.4 Å². The number of aromatic amines is 2. The molecule has 1 aromatic carbocycles. The topological polar surface area (TPSA) is 167 Å². The van der Waals surface area contributed by atoms with Crippen LogP contribution < -0.4 is 22.1 Å². The first kappa shape index (κ1) is 18.8. The number of aromatic nitrogens is 4. The number of aryl methyl sites for hydroxylation is 2. The van der Waals surface area contributed by atoms with Crippen LogP contribution in [0.25, 0.3) is 11.2 Å². The summed E-state index contributed by atoms with van der Waals surface area (Å²) in [4.78, 5) is 67.2. The minimum atomic E-state index is -1.12. The van der Waals surface area contributed by atoms with Crippen LogP contribution in [0.4, 0.5) is 5.69 Å². The Morgan fingerprint density at radius 1 is 1.18 bits per heavy atom.